The summed E-state index contributed by atoms with van der Waals surface area (Å²) < 4.78 is 30.3. The summed E-state index contributed by atoms with van der Waals surface area (Å²) in [4.78, 5) is 0. The molecule has 0 bridgehead atoms. The van der Waals surface area contributed by atoms with E-state index in [1.807, 2.05) is 0 Å². The molecule has 1 aromatic rings. The molecule has 1 aromatic carbocycles. The molecule has 1 rings (SSSR count). The second kappa shape index (κ2) is 6.81. The summed E-state index contributed by atoms with van der Waals surface area (Å²) >= 11 is 0. The number of nitrogens with two attached hydrogens (primary N) is 1. The van der Waals surface area contributed by atoms with Crippen molar-refractivity contribution in [2.75, 3.05) is 19.8 Å². The molecular formula is C12H13F2NO. The minimum atomic E-state index is -0.460. The van der Waals surface area contributed by atoms with Gasteiger partial charge in [-0.1, -0.05) is 11.8 Å². The van der Waals surface area contributed by atoms with E-state index in [0.717, 1.165) is 0 Å². The Bertz CT molecular complexity index is 396. The number of benzene rings is 1. The number of hydrogen-bond acceptors (Lipinski definition) is 2. The molecule has 0 heterocycles. The van der Waals surface area contributed by atoms with Crippen molar-refractivity contribution in [2.24, 2.45) is 5.73 Å². The Morgan fingerprint density at radius 2 is 2.19 bits per heavy atom. The maximum Gasteiger partial charge on any atom is 0.142 e. The molecule has 0 saturated carbocycles. The number of ether oxygens (including phenoxy) is 1. The highest BCUT2D eigenvalue weighted by Crippen LogP contribution is 2.16. The van der Waals surface area contributed by atoms with Crippen molar-refractivity contribution in [3.8, 4) is 17.6 Å². The minimum absolute atomic E-state index is 0.189. The van der Waals surface area contributed by atoms with E-state index in [-0.39, 0.29) is 18.7 Å². The SMILES string of the molecule is NCC#Cc1ccc(OCCCF)cc1F. The summed E-state index contributed by atoms with van der Waals surface area (Å²) in [6.45, 7) is -0.0134. The van der Waals surface area contributed by atoms with Gasteiger partial charge >= 0.3 is 0 Å². The minimum Gasteiger partial charge on any atom is -0.493 e. The monoisotopic (exact) mass is 225 g/mol. The third kappa shape index (κ3) is 3.87. The first-order chi connectivity index (χ1) is 7.77. The first kappa shape index (κ1) is 12.5. The maximum absolute atomic E-state index is 13.4. The van der Waals surface area contributed by atoms with Gasteiger partial charge in [0.15, 0.2) is 0 Å². The zero-order valence-corrected chi connectivity index (χ0v) is 8.80. The predicted octanol–water partition coefficient (Wildman–Crippen LogP) is 1.87. The fraction of sp³-hybridized carbons (Fsp3) is 0.333. The van der Waals surface area contributed by atoms with Crippen LogP contribution in [-0.4, -0.2) is 19.8 Å². The van der Waals surface area contributed by atoms with E-state index >= 15 is 0 Å². The number of halogens is 2. The van der Waals surface area contributed by atoms with Gasteiger partial charge in [-0.3, -0.25) is 4.39 Å². The number of alkyl halides is 1. The first-order valence-electron chi connectivity index (χ1n) is 4.95. The quantitative estimate of drug-likeness (QED) is 0.627. The third-order valence-corrected chi connectivity index (χ3v) is 1.81. The van der Waals surface area contributed by atoms with Gasteiger partial charge in [-0.15, -0.1) is 0 Å². The summed E-state index contributed by atoms with van der Waals surface area (Å²) in [6, 6.07) is 4.35. The molecule has 86 valence electrons. The van der Waals surface area contributed by atoms with Gasteiger partial charge < -0.3 is 10.5 Å². The van der Waals surface area contributed by atoms with Crippen molar-refractivity contribution in [3.05, 3.63) is 29.6 Å². The molecule has 0 aliphatic rings. The summed E-state index contributed by atoms with van der Waals surface area (Å²) in [5.74, 6) is 5.09. The zero-order chi connectivity index (χ0) is 11.8. The van der Waals surface area contributed by atoms with Crippen LogP contribution >= 0.6 is 0 Å². The molecule has 0 unspecified atom stereocenters. The lowest BCUT2D eigenvalue weighted by molar-refractivity contribution is 0.288. The van der Waals surface area contributed by atoms with Crippen LogP contribution in [0.4, 0.5) is 8.78 Å². The lowest BCUT2D eigenvalue weighted by atomic mass is 10.2. The van der Waals surface area contributed by atoms with Gasteiger partial charge in [0.05, 0.1) is 25.4 Å². The number of rotatable bonds is 4. The van der Waals surface area contributed by atoms with E-state index in [9.17, 15) is 8.78 Å². The molecule has 0 spiro atoms. The molecule has 0 saturated heterocycles. The molecule has 0 aliphatic heterocycles. The fourth-order valence-electron chi connectivity index (χ4n) is 1.08. The standard InChI is InChI=1S/C12H13F2NO/c13-6-2-8-16-11-5-4-10(3-1-7-15)12(14)9-11/h4-5,9H,2,6-8,15H2. The summed E-state index contributed by atoms with van der Waals surface area (Å²) in [5.41, 5.74) is 5.46. The van der Waals surface area contributed by atoms with Gasteiger partial charge in [-0.2, -0.15) is 0 Å². The van der Waals surface area contributed by atoms with Crippen LogP contribution in [0, 0.1) is 17.7 Å². The van der Waals surface area contributed by atoms with Crippen molar-refractivity contribution in [2.45, 2.75) is 6.42 Å². The Morgan fingerprint density at radius 1 is 1.38 bits per heavy atom. The summed E-state index contributed by atoms with van der Waals surface area (Å²) in [6.07, 6.45) is 0.302. The van der Waals surface area contributed by atoms with Crippen LogP contribution in [0.15, 0.2) is 18.2 Å². The van der Waals surface area contributed by atoms with Crippen LogP contribution < -0.4 is 10.5 Å². The smallest absolute Gasteiger partial charge is 0.142 e. The van der Waals surface area contributed by atoms with Crippen molar-refractivity contribution in [3.63, 3.8) is 0 Å². The molecule has 2 nitrogen and oxygen atoms in total. The molecule has 4 heteroatoms. The molecule has 0 aliphatic carbocycles. The zero-order valence-electron chi connectivity index (χ0n) is 8.80. The highest BCUT2D eigenvalue weighted by molar-refractivity contribution is 5.39. The highest BCUT2D eigenvalue weighted by atomic mass is 19.1. The Kier molecular flexibility index (Phi) is 5.30. The van der Waals surface area contributed by atoms with E-state index in [2.05, 4.69) is 11.8 Å². The first-order valence-corrected chi connectivity index (χ1v) is 4.95. The van der Waals surface area contributed by atoms with Gasteiger partial charge in [0, 0.05) is 12.5 Å². The maximum atomic E-state index is 13.4. The Morgan fingerprint density at radius 3 is 2.81 bits per heavy atom. The third-order valence-electron chi connectivity index (χ3n) is 1.81. The second-order valence-electron chi connectivity index (χ2n) is 3.04. The molecular weight excluding hydrogens is 212 g/mol. The summed E-state index contributed by atoms with van der Waals surface area (Å²) in [5, 5.41) is 0. The van der Waals surface area contributed by atoms with Crippen LogP contribution in [0.1, 0.15) is 12.0 Å². The van der Waals surface area contributed by atoms with Gasteiger partial charge in [0.25, 0.3) is 0 Å². The fourth-order valence-corrected chi connectivity index (χ4v) is 1.08. The van der Waals surface area contributed by atoms with Crippen LogP contribution in [0.3, 0.4) is 0 Å². The lowest BCUT2D eigenvalue weighted by Crippen LogP contribution is -1.99. The van der Waals surface area contributed by atoms with Gasteiger partial charge in [0.2, 0.25) is 0 Å². The Hall–Kier alpha value is -1.60. The predicted molar refractivity (Wildman–Crippen MR) is 58.4 cm³/mol. The van der Waals surface area contributed by atoms with Crippen molar-refractivity contribution >= 4 is 0 Å². The molecule has 0 atom stereocenters. The van der Waals surface area contributed by atoms with E-state index in [4.69, 9.17) is 10.5 Å². The van der Waals surface area contributed by atoms with Crippen LogP contribution in [0.2, 0.25) is 0 Å². The largest absolute Gasteiger partial charge is 0.493 e. The van der Waals surface area contributed by atoms with Crippen molar-refractivity contribution in [1.82, 2.24) is 0 Å². The average Bonchev–Trinajstić information content (AvgIpc) is 2.28. The molecule has 2 N–H and O–H groups in total. The molecule has 0 radical (unpaired) electrons. The molecule has 16 heavy (non-hydrogen) atoms. The normalized spacial score (nSPS) is 9.44. The van der Waals surface area contributed by atoms with Crippen molar-refractivity contribution in [1.29, 1.82) is 0 Å². The molecule has 0 amide bonds. The molecule has 0 fully saturated rings. The van der Waals surface area contributed by atoms with E-state index in [0.29, 0.717) is 12.2 Å². The van der Waals surface area contributed by atoms with Crippen molar-refractivity contribution < 1.29 is 13.5 Å². The van der Waals surface area contributed by atoms with Gasteiger partial charge in [-0.25, -0.2) is 4.39 Å². The van der Waals surface area contributed by atoms with Crippen LogP contribution in [-0.2, 0) is 0 Å². The summed E-state index contributed by atoms with van der Waals surface area (Å²) in [7, 11) is 0. The lowest BCUT2D eigenvalue weighted by Gasteiger charge is -2.05. The second-order valence-corrected chi connectivity index (χ2v) is 3.04. The average molecular weight is 225 g/mol. The topological polar surface area (TPSA) is 35.2 Å². The van der Waals surface area contributed by atoms with Gasteiger partial charge in [0.1, 0.15) is 11.6 Å². The van der Waals surface area contributed by atoms with E-state index < -0.39 is 12.5 Å². The van der Waals surface area contributed by atoms with Gasteiger partial charge in [-0.05, 0) is 12.1 Å². The number of hydrogen-bond donors (Lipinski definition) is 1. The van der Waals surface area contributed by atoms with Crippen LogP contribution in [0.25, 0.3) is 0 Å². The Balaban J connectivity index is 2.67. The highest BCUT2D eigenvalue weighted by Gasteiger charge is 2.01. The molecule has 0 aromatic heterocycles. The van der Waals surface area contributed by atoms with Crippen LogP contribution in [0.5, 0.6) is 5.75 Å². The van der Waals surface area contributed by atoms with E-state index in [1.165, 1.54) is 12.1 Å². The van der Waals surface area contributed by atoms with E-state index in [1.54, 1.807) is 6.07 Å². The Labute approximate surface area is 93.4 Å².